The summed E-state index contributed by atoms with van der Waals surface area (Å²) in [5, 5.41) is 1.25. The third-order valence-corrected chi connectivity index (χ3v) is 3.71. The first-order valence-corrected chi connectivity index (χ1v) is 6.63. The van der Waals surface area contributed by atoms with Crippen molar-refractivity contribution in [2.75, 3.05) is 0 Å². The number of halogens is 1. The third-order valence-electron chi connectivity index (χ3n) is 3.71. The van der Waals surface area contributed by atoms with Gasteiger partial charge in [0.05, 0.1) is 5.52 Å². The molecule has 0 aliphatic heterocycles. The minimum atomic E-state index is 0. The molecule has 1 heterocycles. The Kier molecular flexibility index (Phi) is 4.41. The Morgan fingerprint density at radius 2 is 1.70 bits per heavy atom. The Morgan fingerprint density at radius 3 is 2.50 bits per heavy atom. The quantitative estimate of drug-likeness (QED) is 0.654. The third kappa shape index (κ3) is 2.83. The molecule has 0 aliphatic carbocycles. The van der Waals surface area contributed by atoms with Crippen molar-refractivity contribution >= 4 is 23.3 Å². The topological polar surface area (TPSA) is 12.9 Å². The number of rotatable bonds is 2. The van der Waals surface area contributed by atoms with E-state index in [9.17, 15) is 0 Å². The fraction of sp³-hybridized carbons (Fsp3) is 0.167. The van der Waals surface area contributed by atoms with E-state index in [0.717, 1.165) is 11.9 Å². The summed E-state index contributed by atoms with van der Waals surface area (Å²) >= 11 is 0. The van der Waals surface area contributed by atoms with Crippen LogP contribution in [0.5, 0.6) is 0 Å². The first kappa shape index (κ1) is 14.5. The zero-order valence-corrected chi connectivity index (χ0v) is 12.6. The van der Waals surface area contributed by atoms with Gasteiger partial charge in [0.15, 0.2) is 0 Å². The number of hydrogen-bond donors (Lipinski definition) is 0. The molecule has 3 aromatic rings. The molecule has 2 heteroatoms. The fourth-order valence-corrected chi connectivity index (χ4v) is 2.44. The standard InChI is InChI=1S/C18H17N.ClH/c1-13-7-8-15(11-14(13)2)12-16-9-10-19-18-6-4-3-5-17(16)18;/h3-11H,12H2,1-2H3;1H. The number of pyridine rings is 1. The molecule has 1 nitrogen and oxygen atoms in total. The molecule has 20 heavy (non-hydrogen) atoms. The summed E-state index contributed by atoms with van der Waals surface area (Å²) < 4.78 is 0. The van der Waals surface area contributed by atoms with Crippen LogP contribution in [0, 0.1) is 13.8 Å². The van der Waals surface area contributed by atoms with Crippen LogP contribution < -0.4 is 0 Å². The highest BCUT2D eigenvalue weighted by atomic mass is 35.5. The maximum absolute atomic E-state index is 4.42. The highest BCUT2D eigenvalue weighted by Crippen LogP contribution is 2.20. The van der Waals surface area contributed by atoms with Gasteiger partial charge in [-0.3, -0.25) is 4.98 Å². The Morgan fingerprint density at radius 1 is 0.900 bits per heavy atom. The summed E-state index contributed by atoms with van der Waals surface area (Å²) in [6, 6.07) is 17.2. The molecule has 3 rings (SSSR count). The van der Waals surface area contributed by atoms with Gasteiger partial charge in [-0.1, -0.05) is 36.4 Å². The monoisotopic (exact) mass is 283 g/mol. The van der Waals surface area contributed by atoms with Crippen molar-refractivity contribution in [3.63, 3.8) is 0 Å². The van der Waals surface area contributed by atoms with Gasteiger partial charge in [0.1, 0.15) is 0 Å². The summed E-state index contributed by atoms with van der Waals surface area (Å²) in [4.78, 5) is 4.42. The van der Waals surface area contributed by atoms with Crippen LogP contribution in [-0.2, 0) is 6.42 Å². The highest BCUT2D eigenvalue weighted by Gasteiger charge is 2.03. The molecule has 0 radical (unpaired) electrons. The zero-order chi connectivity index (χ0) is 13.2. The number of hydrogen-bond acceptors (Lipinski definition) is 1. The molecule has 0 aliphatic rings. The van der Waals surface area contributed by atoms with Crippen molar-refractivity contribution in [3.8, 4) is 0 Å². The molecular formula is C18H18ClN. The minimum Gasteiger partial charge on any atom is -0.256 e. The maximum Gasteiger partial charge on any atom is 0.0704 e. The zero-order valence-electron chi connectivity index (χ0n) is 11.8. The summed E-state index contributed by atoms with van der Waals surface area (Å²) in [6.07, 6.45) is 2.86. The van der Waals surface area contributed by atoms with Gasteiger partial charge in [-0.2, -0.15) is 0 Å². The SMILES string of the molecule is Cc1ccc(Cc2ccnc3ccccc23)cc1C.Cl. The Bertz CT molecular complexity index is 729. The van der Waals surface area contributed by atoms with Crippen LogP contribution in [0.15, 0.2) is 54.7 Å². The number of fused-ring (bicyclic) bond motifs is 1. The molecule has 0 atom stereocenters. The van der Waals surface area contributed by atoms with Gasteiger partial charge in [-0.05, 0) is 54.7 Å². The molecule has 102 valence electrons. The van der Waals surface area contributed by atoms with Gasteiger partial charge in [0.2, 0.25) is 0 Å². The molecule has 0 fully saturated rings. The minimum absolute atomic E-state index is 0. The maximum atomic E-state index is 4.42. The average Bonchev–Trinajstić information content (AvgIpc) is 2.43. The van der Waals surface area contributed by atoms with Gasteiger partial charge in [-0.25, -0.2) is 0 Å². The molecule has 0 saturated carbocycles. The second kappa shape index (κ2) is 6.06. The number of aromatic nitrogens is 1. The number of benzene rings is 2. The summed E-state index contributed by atoms with van der Waals surface area (Å²) in [7, 11) is 0. The van der Waals surface area contributed by atoms with E-state index in [1.54, 1.807) is 0 Å². The van der Waals surface area contributed by atoms with Crippen LogP contribution >= 0.6 is 12.4 Å². The van der Waals surface area contributed by atoms with Crippen molar-refractivity contribution in [1.82, 2.24) is 4.98 Å². The Balaban J connectivity index is 0.00000147. The molecule has 2 aromatic carbocycles. The lowest BCUT2D eigenvalue weighted by molar-refractivity contribution is 1.17. The lowest BCUT2D eigenvalue weighted by atomic mass is 9.98. The van der Waals surface area contributed by atoms with Gasteiger partial charge < -0.3 is 0 Å². The first-order valence-electron chi connectivity index (χ1n) is 6.63. The predicted molar refractivity (Wildman–Crippen MR) is 87.7 cm³/mol. The average molecular weight is 284 g/mol. The van der Waals surface area contributed by atoms with Crippen LogP contribution in [0.4, 0.5) is 0 Å². The molecule has 0 saturated heterocycles. The molecule has 1 aromatic heterocycles. The molecular weight excluding hydrogens is 266 g/mol. The van der Waals surface area contributed by atoms with Crippen LogP contribution in [0.3, 0.4) is 0 Å². The number of nitrogens with zero attached hydrogens (tertiary/aromatic N) is 1. The smallest absolute Gasteiger partial charge is 0.0704 e. The largest absolute Gasteiger partial charge is 0.256 e. The lowest BCUT2D eigenvalue weighted by Crippen LogP contribution is -1.93. The number of para-hydroxylation sites is 1. The van der Waals surface area contributed by atoms with E-state index in [1.807, 2.05) is 12.3 Å². The summed E-state index contributed by atoms with van der Waals surface area (Å²) in [5.41, 5.74) is 6.48. The van der Waals surface area contributed by atoms with E-state index in [2.05, 4.69) is 61.3 Å². The van der Waals surface area contributed by atoms with Gasteiger partial charge in [-0.15, -0.1) is 12.4 Å². The molecule has 0 N–H and O–H groups in total. The van der Waals surface area contributed by atoms with E-state index in [0.29, 0.717) is 0 Å². The normalized spacial score (nSPS) is 10.3. The first-order chi connectivity index (χ1) is 9.24. The predicted octanol–water partition coefficient (Wildman–Crippen LogP) is 4.86. The van der Waals surface area contributed by atoms with Gasteiger partial charge in [0, 0.05) is 11.6 Å². The molecule has 0 spiro atoms. The molecule has 0 unspecified atom stereocenters. The van der Waals surface area contributed by atoms with Crippen molar-refractivity contribution in [2.24, 2.45) is 0 Å². The van der Waals surface area contributed by atoms with Crippen LogP contribution in [0.1, 0.15) is 22.3 Å². The highest BCUT2D eigenvalue weighted by molar-refractivity contribution is 5.85. The van der Waals surface area contributed by atoms with Crippen molar-refractivity contribution < 1.29 is 0 Å². The Labute approximate surface area is 126 Å². The van der Waals surface area contributed by atoms with Crippen molar-refractivity contribution in [1.29, 1.82) is 0 Å². The van der Waals surface area contributed by atoms with Crippen molar-refractivity contribution in [3.05, 3.63) is 77.0 Å². The number of aryl methyl sites for hydroxylation is 2. The van der Waals surface area contributed by atoms with Crippen LogP contribution in [0.25, 0.3) is 10.9 Å². The summed E-state index contributed by atoms with van der Waals surface area (Å²) in [6.45, 7) is 4.32. The fourth-order valence-electron chi connectivity index (χ4n) is 2.44. The van der Waals surface area contributed by atoms with Crippen molar-refractivity contribution in [2.45, 2.75) is 20.3 Å². The lowest BCUT2D eigenvalue weighted by Gasteiger charge is -2.08. The van der Waals surface area contributed by atoms with Gasteiger partial charge >= 0.3 is 0 Å². The second-order valence-corrected chi connectivity index (χ2v) is 5.08. The van der Waals surface area contributed by atoms with E-state index in [-0.39, 0.29) is 12.4 Å². The van der Waals surface area contributed by atoms with Crippen LogP contribution in [0.2, 0.25) is 0 Å². The van der Waals surface area contributed by atoms with E-state index < -0.39 is 0 Å². The van der Waals surface area contributed by atoms with Crippen LogP contribution in [-0.4, -0.2) is 4.98 Å². The second-order valence-electron chi connectivity index (χ2n) is 5.08. The summed E-state index contributed by atoms with van der Waals surface area (Å²) in [5.74, 6) is 0. The molecule has 0 amide bonds. The van der Waals surface area contributed by atoms with Gasteiger partial charge in [0.25, 0.3) is 0 Å². The molecule has 0 bridgehead atoms. The van der Waals surface area contributed by atoms with E-state index in [1.165, 1.54) is 27.6 Å². The van der Waals surface area contributed by atoms with E-state index >= 15 is 0 Å². The van der Waals surface area contributed by atoms with E-state index in [4.69, 9.17) is 0 Å². The Hall–Kier alpha value is -1.86.